The van der Waals surface area contributed by atoms with E-state index in [1.807, 2.05) is 41.3 Å². The summed E-state index contributed by atoms with van der Waals surface area (Å²) in [5.41, 5.74) is 3.20. The molecule has 2 aromatic carbocycles. The molecule has 120 valence electrons. The van der Waals surface area contributed by atoms with Crippen LogP contribution in [0.4, 0.5) is 5.69 Å². The van der Waals surface area contributed by atoms with Crippen molar-refractivity contribution in [2.24, 2.45) is 0 Å². The smallest absolute Gasteiger partial charge is 0.231 e. The Morgan fingerprint density at radius 2 is 1.87 bits per heavy atom. The van der Waals surface area contributed by atoms with Gasteiger partial charge in [0.05, 0.1) is 20.6 Å². The summed E-state index contributed by atoms with van der Waals surface area (Å²) in [6, 6.07) is 13.7. The molecule has 3 rings (SSSR count). The molecular formula is C19H21NO3. The van der Waals surface area contributed by atoms with Crippen LogP contribution in [-0.4, -0.2) is 26.7 Å². The molecule has 0 spiro atoms. The van der Waals surface area contributed by atoms with Gasteiger partial charge in [-0.25, -0.2) is 0 Å². The van der Waals surface area contributed by atoms with Gasteiger partial charge in [0.2, 0.25) is 5.91 Å². The molecule has 1 amide bonds. The number of amides is 1. The van der Waals surface area contributed by atoms with Gasteiger partial charge in [0.25, 0.3) is 0 Å². The quantitative estimate of drug-likeness (QED) is 0.868. The van der Waals surface area contributed by atoms with Crippen molar-refractivity contribution >= 4 is 11.6 Å². The van der Waals surface area contributed by atoms with Crippen LogP contribution in [0, 0.1) is 0 Å². The van der Waals surface area contributed by atoms with Crippen LogP contribution in [0.2, 0.25) is 0 Å². The highest BCUT2D eigenvalue weighted by Gasteiger charge is 2.29. The fraction of sp³-hybridized carbons (Fsp3) is 0.316. The van der Waals surface area contributed by atoms with Crippen molar-refractivity contribution < 1.29 is 14.3 Å². The molecule has 0 bridgehead atoms. The first-order valence-corrected chi connectivity index (χ1v) is 7.74. The van der Waals surface area contributed by atoms with Crippen LogP contribution in [0.1, 0.15) is 24.0 Å². The van der Waals surface area contributed by atoms with Gasteiger partial charge in [-0.3, -0.25) is 4.79 Å². The monoisotopic (exact) mass is 311 g/mol. The standard InChI is InChI=1S/C19H21NO3/c1-13-12-20(16-7-5-4-6-15(13)16)19(21)11-14-8-9-17(22-2)18(10-14)23-3/h4-10,13H,11-12H2,1-3H3. The Balaban J connectivity index is 1.81. The number of methoxy groups -OCH3 is 2. The van der Waals surface area contributed by atoms with Crippen LogP contribution >= 0.6 is 0 Å². The Morgan fingerprint density at radius 3 is 2.61 bits per heavy atom. The van der Waals surface area contributed by atoms with E-state index in [-0.39, 0.29) is 5.91 Å². The SMILES string of the molecule is COc1ccc(CC(=O)N2CC(C)c3ccccc32)cc1OC. The Bertz CT molecular complexity index is 726. The molecule has 0 N–H and O–H groups in total. The lowest BCUT2D eigenvalue weighted by Gasteiger charge is -2.18. The topological polar surface area (TPSA) is 38.8 Å². The molecule has 0 fully saturated rings. The summed E-state index contributed by atoms with van der Waals surface area (Å²) in [6.07, 6.45) is 0.349. The molecule has 1 aliphatic rings. The third kappa shape index (κ3) is 2.89. The van der Waals surface area contributed by atoms with Gasteiger partial charge < -0.3 is 14.4 Å². The van der Waals surface area contributed by atoms with E-state index < -0.39 is 0 Å². The molecule has 1 heterocycles. The van der Waals surface area contributed by atoms with Crippen molar-refractivity contribution in [2.75, 3.05) is 25.7 Å². The van der Waals surface area contributed by atoms with Crippen molar-refractivity contribution in [3.63, 3.8) is 0 Å². The molecular weight excluding hydrogens is 290 g/mol. The molecule has 4 heteroatoms. The maximum absolute atomic E-state index is 12.7. The van der Waals surface area contributed by atoms with E-state index in [1.54, 1.807) is 14.2 Å². The highest BCUT2D eigenvalue weighted by molar-refractivity contribution is 5.97. The zero-order valence-corrected chi connectivity index (χ0v) is 13.7. The Kier molecular flexibility index (Phi) is 4.24. The average molecular weight is 311 g/mol. The lowest BCUT2D eigenvalue weighted by atomic mass is 10.0. The minimum atomic E-state index is 0.106. The molecule has 1 unspecified atom stereocenters. The summed E-state index contributed by atoms with van der Waals surface area (Å²) >= 11 is 0. The van der Waals surface area contributed by atoms with Gasteiger partial charge in [-0.1, -0.05) is 31.2 Å². The van der Waals surface area contributed by atoms with Crippen molar-refractivity contribution in [1.82, 2.24) is 0 Å². The summed E-state index contributed by atoms with van der Waals surface area (Å²) in [6.45, 7) is 2.90. The van der Waals surface area contributed by atoms with Crippen molar-refractivity contribution in [1.29, 1.82) is 0 Å². The summed E-state index contributed by atoms with van der Waals surface area (Å²) in [4.78, 5) is 14.6. The molecule has 23 heavy (non-hydrogen) atoms. The zero-order chi connectivity index (χ0) is 16.4. The predicted molar refractivity (Wildman–Crippen MR) is 90.5 cm³/mol. The first kappa shape index (κ1) is 15.4. The molecule has 0 aliphatic carbocycles. The van der Waals surface area contributed by atoms with Crippen molar-refractivity contribution in [3.05, 3.63) is 53.6 Å². The maximum atomic E-state index is 12.7. The van der Waals surface area contributed by atoms with Crippen molar-refractivity contribution in [3.8, 4) is 11.5 Å². The van der Waals surface area contributed by atoms with E-state index in [0.717, 1.165) is 17.8 Å². The molecule has 1 atom stereocenters. The van der Waals surface area contributed by atoms with Gasteiger partial charge in [0.1, 0.15) is 0 Å². The van der Waals surface area contributed by atoms with E-state index in [9.17, 15) is 4.79 Å². The Hall–Kier alpha value is -2.49. The number of nitrogens with zero attached hydrogens (tertiary/aromatic N) is 1. The largest absolute Gasteiger partial charge is 0.493 e. The van der Waals surface area contributed by atoms with E-state index in [0.29, 0.717) is 23.8 Å². The number of hydrogen-bond acceptors (Lipinski definition) is 3. The average Bonchev–Trinajstić information content (AvgIpc) is 2.92. The van der Waals surface area contributed by atoms with Gasteiger partial charge in [-0.2, -0.15) is 0 Å². The van der Waals surface area contributed by atoms with Crippen molar-refractivity contribution in [2.45, 2.75) is 19.3 Å². The predicted octanol–water partition coefficient (Wildman–Crippen LogP) is 3.40. The number of hydrogen-bond donors (Lipinski definition) is 0. The second kappa shape index (κ2) is 6.32. The molecule has 4 nitrogen and oxygen atoms in total. The number of carbonyl (C=O) groups excluding carboxylic acids is 1. The van der Waals surface area contributed by atoms with Crippen LogP contribution in [0.5, 0.6) is 11.5 Å². The molecule has 1 aliphatic heterocycles. The van der Waals surface area contributed by atoms with Crippen LogP contribution in [-0.2, 0) is 11.2 Å². The molecule has 0 aromatic heterocycles. The fourth-order valence-electron chi connectivity index (χ4n) is 3.12. The first-order chi connectivity index (χ1) is 11.1. The third-order valence-corrected chi connectivity index (χ3v) is 4.32. The highest BCUT2D eigenvalue weighted by Crippen LogP contribution is 2.36. The number of fused-ring (bicyclic) bond motifs is 1. The minimum Gasteiger partial charge on any atom is -0.493 e. The van der Waals surface area contributed by atoms with Gasteiger partial charge in [0.15, 0.2) is 11.5 Å². The molecule has 0 radical (unpaired) electrons. The molecule has 2 aromatic rings. The van der Waals surface area contributed by atoms with Crippen LogP contribution in [0.25, 0.3) is 0 Å². The van der Waals surface area contributed by atoms with E-state index >= 15 is 0 Å². The summed E-state index contributed by atoms with van der Waals surface area (Å²) in [5.74, 6) is 1.80. The molecule has 0 saturated carbocycles. The molecule has 0 saturated heterocycles. The fourth-order valence-corrected chi connectivity index (χ4v) is 3.12. The third-order valence-electron chi connectivity index (χ3n) is 4.32. The van der Waals surface area contributed by atoms with E-state index in [4.69, 9.17) is 9.47 Å². The zero-order valence-electron chi connectivity index (χ0n) is 13.7. The second-order valence-corrected chi connectivity index (χ2v) is 5.83. The normalized spacial score (nSPS) is 16.1. The second-order valence-electron chi connectivity index (χ2n) is 5.83. The van der Waals surface area contributed by atoms with E-state index in [2.05, 4.69) is 13.0 Å². The minimum absolute atomic E-state index is 0.106. The van der Waals surface area contributed by atoms with E-state index in [1.165, 1.54) is 5.56 Å². The Labute approximate surface area is 136 Å². The van der Waals surface area contributed by atoms with Crippen LogP contribution < -0.4 is 14.4 Å². The Morgan fingerprint density at radius 1 is 1.13 bits per heavy atom. The number of anilines is 1. The number of benzene rings is 2. The summed E-state index contributed by atoms with van der Waals surface area (Å²) < 4.78 is 10.5. The van der Waals surface area contributed by atoms with Crippen LogP contribution in [0.3, 0.4) is 0 Å². The van der Waals surface area contributed by atoms with Gasteiger partial charge in [-0.15, -0.1) is 0 Å². The lowest BCUT2D eigenvalue weighted by Crippen LogP contribution is -2.30. The first-order valence-electron chi connectivity index (χ1n) is 7.74. The maximum Gasteiger partial charge on any atom is 0.231 e. The number of ether oxygens (including phenoxy) is 2. The number of rotatable bonds is 4. The lowest BCUT2D eigenvalue weighted by molar-refractivity contribution is -0.117. The summed E-state index contributed by atoms with van der Waals surface area (Å²) in [5, 5.41) is 0. The van der Waals surface area contributed by atoms with Crippen LogP contribution in [0.15, 0.2) is 42.5 Å². The van der Waals surface area contributed by atoms with Gasteiger partial charge in [-0.05, 0) is 29.3 Å². The highest BCUT2D eigenvalue weighted by atomic mass is 16.5. The number of carbonyl (C=O) groups is 1. The van der Waals surface area contributed by atoms with Gasteiger partial charge >= 0.3 is 0 Å². The van der Waals surface area contributed by atoms with Gasteiger partial charge in [0, 0.05) is 18.2 Å². The number of para-hydroxylation sites is 1. The summed E-state index contributed by atoms with van der Waals surface area (Å²) in [7, 11) is 3.20.